The molecule has 0 amide bonds. The maximum absolute atomic E-state index is 6.94. The molecule has 4 aromatic rings. The molecule has 222 valence electrons. The van der Waals surface area contributed by atoms with E-state index in [1.54, 1.807) is 6.33 Å². The first-order valence-electron chi connectivity index (χ1n) is 14.2. The van der Waals surface area contributed by atoms with E-state index in [0.717, 1.165) is 11.0 Å². The van der Waals surface area contributed by atoms with Gasteiger partial charge in [0.2, 0.25) is 0 Å². The summed E-state index contributed by atoms with van der Waals surface area (Å²) in [6.45, 7) is 23.1. The molecule has 1 aliphatic rings. The van der Waals surface area contributed by atoms with Gasteiger partial charge >= 0.3 is 0 Å². The fourth-order valence-corrected chi connectivity index (χ4v) is 6.68. The van der Waals surface area contributed by atoms with E-state index in [1.807, 2.05) is 28.8 Å². The largest absolute Gasteiger partial charge is 0.414 e. The molecule has 41 heavy (non-hydrogen) atoms. The topological polar surface area (TPSA) is 111 Å². The van der Waals surface area contributed by atoms with Gasteiger partial charge in [-0.2, -0.15) is 4.98 Å². The molecular weight excluding hydrogens is 555 g/mol. The summed E-state index contributed by atoms with van der Waals surface area (Å²) in [6, 6.07) is 7.56. The van der Waals surface area contributed by atoms with Crippen LogP contribution in [0.1, 0.15) is 54.2 Å². The number of hydrogen-bond acceptors (Lipinski definition) is 9. The number of rotatable bonds is 8. The van der Waals surface area contributed by atoms with Crippen molar-refractivity contribution in [3.8, 4) is 5.88 Å². The third-order valence-corrected chi connectivity index (χ3v) is 18.0. The average Bonchev–Trinajstić information content (AvgIpc) is 3.59. The monoisotopic (exact) mass is 597 g/mol. The van der Waals surface area contributed by atoms with Gasteiger partial charge in [-0.3, -0.25) is 4.57 Å². The smallest absolute Gasteiger partial charge is 0.280 e. The van der Waals surface area contributed by atoms with Gasteiger partial charge in [-0.25, -0.2) is 9.97 Å². The highest BCUT2D eigenvalue weighted by Gasteiger charge is 2.47. The number of benzene rings is 1. The van der Waals surface area contributed by atoms with Crippen molar-refractivity contribution in [1.82, 2.24) is 34.7 Å². The van der Waals surface area contributed by atoms with Crippen LogP contribution in [0.25, 0.3) is 22.2 Å². The molecule has 1 unspecified atom stereocenters. The minimum Gasteiger partial charge on any atom is -0.414 e. The van der Waals surface area contributed by atoms with Crippen LogP contribution in [0.2, 0.25) is 36.3 Å². The van der Waals surface area contributed by atoms with Crippen molar-refractivity contribution in [2.24, 2.45) is 0 Å². The molecule has 11 nitrogen and oxygen atoms in total. The summed E-state index contributed by atoms with van der Waals surface area (Å²) in [5, 5.41) is 8.44. The molecule has 0 radical (unpaired) electrons. The van der Waals surface area contributed by atoms with E-state index in [0.29, 0.717) is 24.2 Å². The summed E-state index contributed by atoms with van der Waals surface area (Å²) in [7, 11) is -4.05. The lowest BCUT2D eigenvalue weighted by molar-refractivity contribution is -0.0383. The van der Waals surface area contributed by atoms with Gasteiger partial charge in [-0.1, -0.05) is 58.5 Å². The third-order valence-electron chi connectivity index (χ3n) is 8.98. The number of fused-ring (bicyclic) bond motifs is 2. The number of aromatic nitrogens is 7. The zero-order valence-corrected chi connectivity index (χ0v) is 27.9. The van der Waals surface area contributed by atoms with Gasteiger partial charge in [0.15, 0.2) is 27.8 Å². The van der Waals surface area contributed by atoms with Gasteiger partial charge in [0.25, 0.3) is 5.88 Å². The number of para-hydroxylation sites is 1. The quantitative estimate of drug-likeness (QED) is 0.222. The normalized spacial score (nSPS) is 20.8. The highest BCUT2D eigenvalue weighted by Crippen LogP contribution is 2.43. The molecule has 1 aliphatic heterocycles. The Morgan fingerprint density at radius 1 is 0.951 bits per heavy atom. The van der Waals surface area contributed by atoms with Gasteiger partial charge in [0, 0.05) is 6.42 Å². The Balaban J connectivity index is 1.42. The Bertz CT molecular complexity index is 1520. The van der Waals surface area contributed by atoms with Crippen molar-refractivity contribution in [3.63, 3.8) is 0 Å². The second-order valence-electron chi connectivity index (χ2n) is 13.9. The van der Waals surface area contributed by atoms with Crippen LogP contribution < -0.4 is 4.84 Å². The van der Waals surface area contributed by atoms with E-state index in [9.17, 15) is 0 Å². The van der Waals surface area contributed by atoms with Crippen LogP contribution in [0, 0.1) is 0 Å². The van der Waals surface area contributed by atoms with E-state index >= 15 is 0 Å². The Hall–Kier alpha value is -2.72. The van der Waals surface area contributed by atoms with Crippen molar-refractivity contribution in [1.29, 1.82) is 0 Å². The number of nitrogens with zero attached hydrogens (tertiary/aromatic N) is 7. The standard InChI is InChI=1S/C28H43N7O4Si2/c1-27(2,3)40(7,8)36-16-22-21(39-41(9,10)28(4,5)6)15-23(37-22)34-18-31-24-25(34)29-17-30-26(24)38-35-20-14-12-11-13-19(20)32-33-35/h11-14,17-18,21-23H,15-16H2,1-10H3/t21?,22-,23-/m1/s1. The summed E-state index contributed by atoms with van der Waals surface area (Å²) >= 11 is 0. The van der Waals surface area contributed by atoms with Crippen LogP contribution in [0.5, 0.6) is 5.88 Å². The molecule has 1 fully saturated rings. The summed E-state index contributed by atoms with van der Waals surface area (Å²) in [6.07, 6.45) is 3.22. The van der Waals surface area contributed by atoms with Crippen LogP contribution >= 0.6 is 0 Å². The second-order valence-corrected chi connectivity index (χ2v) is 23.5. The molecule has 3 atom stereocenters. The van der Waals surface area contributed by atoms with E-state index in [4.69, 9.17) is 18.4 Å². The SMILES string of the molecule is CC(C)(C)[Si](C)(C)OC[C@H]1O[C@@H](n2cnc3c(On4nnc5ccccc54)ncnc32)CC1O[Si](C)(C)C(C)(C)C. The number of imidazole rings is 1. The highest BCUT2D eigenvalue weighted by molar-refractivity contribution is 6.74. The van der Waals surface area contributed by atoms with Crippen molar-refractivity contribution >= 4 is 38.8 Å². The molecule has 0 N–H and O–H groups in total. The zero-order chi connectivity index (χ0) is 29.8. The summed E-state index contributed by atoms with van der Waals surface area (Å²) in [5.74, 6) is 0.286. The van der Waals surface area contributed by atoms with Crippen LogP contribution in [0.4, 0.5) is 0 Å². The van der Waals surface area contributed by atoms with Crippen LogP contribution in [0.3, 0.4) is 0 Å². The molecule has 1 saturated heterocycles. The third kappa shape index (κ3) is 5.82. The lowest BCUT2D eigenvalue weighted by Gasteiger charge is -2.40. The minimum atomic E-state index is -2.07. The molecule has 0 aliphatic carbocycles. The molecule has 1 aromatic carbocycles. The first kappa shape index (κ1) is 29.8. The molecule has 0 bridgehead atoms. The Morgan fingerprint density at radius 3 is 2.37 bits per heavy atom. The second kappa shape index (κ2) is 10.5. The molecule has 0 spiro atoms. The fourth-order valence-electron chi connectivity index (χ4n) is 4.31. The summed E-state index contributed by atoms with van der Waals surface area (Å²) in [5.41, 5.74) is 2.58. The first-order valence-corrected chi connectivity index (χ1v) is 20.0. The molecule has 3 aromatic heterocycles. The highest BCUT2D eigenvalue weighted by atomic mass is 28.4. The maximum atomic E-state index is 6.94. The summed E-state index contributed by atoms with van der Waals surface area (Å²) < 4.78 is 22.2. The van der Waals surface area contributed by atoms with Gasteiger partial charge in [-0.15, -0.1) is 5.10 Å². The van der Waals surface area contributed by atoms with Crippen LogP contribution in [-0.4, -0.2) is 70.1 Å². The maximum Gasteiger partial charge on any atom is 0.280 e. The zero-order valence-electron chi connectivity index (χ0n) is 25.9. The van der Waals surface area contributed by atoms with E-state index in [-0.39, 0.29) is 34.4 Å². The Labute approximate surface area is 243 Å². The van der Waals surface area contributed by atoms with Gasteiger partial charge in [-0.05, 0) is 53.6 Å². The number of hydrogen-bond donors (Lipinski definition) is 0. The number of ether oxygens (including phenoxy) is 1. The molecule has 5 rings (SSSR count). The van der Waals surface area contributed by atoms with Crippen molar-refractivity contribution in [2.45, 2.75) is 103 Å². The lowest BCUT2D eigenvalue weighted by atomic mass is 10.2. The lowest BCUT2D eigenvalue weighted by Crippen LogP contribution is -2.48. The Kier molecular flexibility index (Phi) is 7.64. The van der Waals surface area contributed by atoms with Crippen LogP contribution in [-0.2, 0) is 13.6 Å². The molecular formula is C28H43N7O4Si2. The van der Waals surface area contributed by atoms with E-state index in [2.05, 4.69) is 93.0 Å². The van der Waals surface area contributed by atoms with E-state index < -0.39 is 16.6 Å². The van der Waals surface area contributed by atoms with Gasteiger partial charge in [0.1, 0.15) is 29.7 Å². The first-order chi connectivity index (χ1) is 19.1. The van der Waals surface area contributed by atoms with Crippen molar-refractivity contribution in [2.75, 3.05) is 6.61 Å². The van der Waals surface area contributed by atoms with Crippen molar-refractivity contribution in [3.05, 3.63) is 36.9 Å². The van der Waals surface area contributed by atoms with E-state index in [1.165, 1.54) is 11.2 Å². The fraction of sp³-hybridized carbons (Fsp3) is 0.607. The van der Waals surface area contributed by atoms with Gasteiger partial charge in [0.05, 0.1) is 19.0 Å². The molecule has 13 heteroatoms. The molecule has 0 saturated carbocycles. The molecule has 4 heterocycles. The summed E-state index contributed by atoms with van der Waals surface area (Å²) in [4.78, 5) is 20.9. The van der Waals surface area contributed by atoms with Gasteiger partial charge < -0.3 is 18.4 Å². The average molecular weight is 598 g/mol. The van der Waals surface area contributed by atoms with Crippen molar-refractivity contribution < 1.29 is 18.4 Å². The minimum absolute atomic E-state index is 0.0720. The predicted molar refractivity (Wildman–Crippen MR) is 163 cm³/mol. The van der Waals surface area contributed by atoms with Crippen LogP contribution in [0.15, 0.2) is 36.9 Å². The predicted octanol–water partition coefficient (Wildman–Crippen LogP) is 6.11. The Morgan fingerprint density at radius 2 is 1.66 bits per heavy atom.